The van der Waals surface area contributed by atoms with Gasteiger partial charge in [0, 0.05) is 11.8 Å². The molecule has 26 heavy (non-hydrogen) atoms. The fraction of sp³-hybridized carbons (Fsp3) is 0.222. The van der Waals surface area contributed by atoms with Gasteiger partial charge in [0.1, 0.15) is 6.33 Å². The second-order valence-electron chi connectivity index (χ2n) is 5.73. The average Bonchev–Trinajstić information content (AvgIpc) is 3.18. The molecule has 0 atom stereocenters. The van der Waals surface area contributed by atoms with Gasteiger partial charge < -0.3 is 14.8 Å². The Kier molecular flexibility index (Phi) is 4.83. The van der Waals surface area contributed by atoms with E-state index >= 15 is 0 Å². The zero-order valence-electron chi connectivity index (χ0n) is 15.0. The number of methoxy groups -OCH3 is 2. The Balaban J connectivity index is 2.04. The van der Waals surface area contributed by atoms with Crippen molar-refractivity contribution in [3.05, 3.63) is 53.3 Å². The molecule has 3 rings (SSSR count). The van der Waals surface area contributed by atoms with Crippen molar-refractivity contribution in [1.82, 2.24) is 20.2 Å². The Bertz CT molecular complexity index is 938. The van der Waals surface area contributed by atoms with Gasteiger partial charge in [-0.1, -0.05) is 6.07 Å². The third kappa shape index (κ3) is 3.34. The fourth-order valence-electron chi connectivity index (χ4n) is 2.53. The summed E-state index contributed by atoms with van der Waals surface area (Å²) < 4.78 is 12.0. The summed E-state index contributed by atoms with van der Waals surface area (Å²) in [6.07, 6.45) is 1.41. The first-order chi connectivity index (χ1) is 12.5. The molecular weight excluding hydrogens is 334 g/mol. The summed E-state index contributed by atoms with van der Waals surface area (Å²) in [5.74, 6) is 0.606. The van der Waals surface area contributed by atoms with Gasteiger partial charge in [0.2, 0.25) is 0 Å². The highest BCUT2D eigenvalue weighted by Gasteiger charge is 2.19. The van der Waals surface area contributed by atoms with Crippen LogP contribution in [0.3, 0.4) is 0 Å². The number of nitrogens with zero attached hydrogens (tertiary/aromatic N) is 4. The highest BCUT2D eigenvalue weighted by molar-refractivity contribution is 6.07. The Morgan fingerprint density at radius 2 is 1.77 bits per heavy atom. The topological polar surface area (TPSA) is 91.2 Å². The maximum Gasteiger partial charge on any atom is 0.258 e. The molecule has 0 saturated heterocycles. The highest BCUT2D eigenvalue weighted by atomic mass is 16.5. The summed E-state index contributed by atoms with van der Waals surface area (Å²) in [5.41, 5.74) is 3.79. The lowest BCUT2D eigenvalue weighted by Gasteiger charge is -2.14. The van der Waals surface area contributed by atoms with Crippen LogP contribution in [0.4, 0.5) is 5.69 Å². The number of ether oxygens (including phenoxy) is 2. The number of aromatic nitrogens is 4. The first kappa shape index (κ1) is 17.4. The number of amides is 1. The van der Waals surface area contributed by atoms with Gasteiger partial charge >= 0.3 is 0 Å². The maximum atomic E-state index is 12.9. The summed E-state index contributed by atoms with van der Waals surface area (Å²) >= 11 is 0. The largest absolute Gasteiger partial charge is 0.493 e. The molecule has 8 heteroatoms. The molecule has 0 saturated carbocycles. The summed E-state index contributed by atoms with van der Waals surface area (Å²) in [6.45, 7) is 4.01. The summed E-state index contributed by atoms with van der Waals surface area (Å²) in [4.78, 5) is 12.9. The van der Waals surface area contributed by atoms with Crippen LogP contribution in [-0.2, 0) is 0 Å². The molecule has 0 spiro atoms. The van der Waals surface area contributed by atoms with Gasteiger partial charge in [-0.25, -0.2) is 0 Å². The Labute approximate surface area is 150 Å². The Morgan fingerprint density at radius 3 is 2.38 bits per heavy atom. The van der Waals surface area contributed by atoms with Gasteiger partial charge in [-0.05, 0) is 53.6 Å². The van der Waals surface area contributed by atoms with Crippen LogP contribution in [0.2, 0.25) is 0 Å². The predicted molar refractivity (Wildman–Crippen MR) is 96.1 cm³/mol. The number of carbonyl (C=O) groups excluding carboxylic acids is 1. The van der Waals surface area contributed by atoms with E-state index in [0.717, 1.165) is 11.1 Å². The number of aryl methyl sites for hydroxylation is 2. The van der Waals surface area contributed by atoms with Crippen LogP contribution >= 0.6 is 0 Å². The van der Waals surface area contributed by atoms with Crippen molar-refractivity contribution < 1.29 is 14.3 Å². The van der Waals surface area contributed by atoms with E-state index in [9.17, 15) is 4.79 Å². The van der Waals surface area contributed by atoms with Crippen LogP contribution in [-0.4, -0.2) is 40.3 Å². The van der Waals surface area contributed by atoms with Crippen molar-refractivity contribution in [1.29, 1.82) is 0 Å². The molecule has 0 fully saturated rings. The smallest absolute Gasteiger partial charge is 0.258 e. The number of tetrazole rings is 1. The molecule has 1 amide bonds. The molecule has 134 valence electrons. The normalized spacial score (nSPS) is 10.5. The van der Waals surface area contributed by atoms with Gasteiger partial charge in [0.05, 0.1) is 25.5 Å². The van der Waals surface area contributed by atoms with E-state index in [2.05, 4.69) is 20.8 Å². The Morgan fingerprint density at radius 1 is 1.04 bits per heavy atom. The lowest BCUT2D eigenvalue weighted by atomic mass is 10.1. The number of rotatable bonds is 5. The van der Waals surface area contributed by atoms with Gasteiger partial charge in [-0.3, -0.25) is 4.79 Å². The van der Waals surface area contributed by atoms with Crippen molar-refractivity contribution in [2.24, 2.45) is 0 Å². The van der Waals surface area contributed by atoms with Crippen LogP contribution in [0.15, 0.2) is 36.7 Å². The summed E-state index contributed by atoms with van der Waals surface area (Å²) in [7, 11) is 3.04. The standard InChI is InChI=1S/C18H19N5O3/c1-11-5-6-13(7-12(11)2)20-18(24)14-8-16(25-3)17(26-4)9-15(14)23-10-19-21-22-23/h5-10H,1-4H3,(H,20,24). The SMILES string of the molecule is COc1cc(C(=O)Nc2ccc(C)c(C)c2)c(-n2cnnn2)cc1OC. The number of anilines is 1. The van der Waals surface area contributed by atoms with E-state index in [1.165, 1.54) is 25.2 Å². The van der Waals surface area contributed by atoms with Crippen LogP contribution in [0.1, 0.15) is 21.5 Å². The zero-order valence-corrected chi connectivity index (χ0v) is 15.0. The van der Waals surface area contributed by atoms with Gasteiger partial charge in [-0.2, -0.15) is 4.68 Å². The van der Waals surface area contributed by atoms with Crippen LogP contribution in [0.25, 0.3) is 5.69 Å². The third-order valence-corrected chi connectivity index (χ3v) is 4.11. The predicted octanol–water partition coefficient (Wildman–Crippen LogP) is 2.55. The minimum Gasteiger partial charge on any atom is -0.493 e. The van der Waals surface area contributed by atoms with Crippen molar-refractivity contribution in [3.8, 4) is 17.2 Å². The number of nitrogens with one attached hydrogen (secondary N) is 1. The molecular formula is C18H19N5O3. The van der Waals surface area contributed by atoms with Crippen molar-refractivity contribution >= 4 is 11.6 Å². The molecule has 1 heterocycles. The van der Waals surface area contributed by atoms with E-state index in [1.807, 2.05) is 32.0 Å². The van der Waals surface area contributed by atoms with Crippen LogP contribution in [0, 0.1) is 13.8 Å². The first-order valence-electron chi connectivity index (χ1n) is 7.91. The molecule has 0 aliphatic carbocycles. The molecule has 1 N–H and O–H groups in total. The molecule has 0 bridgehead atoms. The quantitative estimate of drug-likeness (QED) is 0.758. The van der Waals surface area contributed by atoms with Gasteiger partial charge in [-0.15, -0.1) is 5.10 Å². The fourth-order valence-corrected chi connectivity index (χ4v) is 2.53. The van der Waals surface area contributed by atoms with E-state index in [4.69, 9.17) is 9.47 Å². The molecule has 1 aromatic heterocycles. The molecule has 2 aromatic carbocycles. The number of benzene rings is 2. The first-order valence-corrected chi connectivity index (χ1v) is 7.91. The molecule has 0 unspecified atom stereocenters. The second kappa shape index (κ2) is 7.22. The number of carbonyl (C=O) groups is 1. The van der Waals surface area contributed by atoms with Gasteiger partial charge in [0.25, 0.3) is 5.91 Å². The third-order valence-electron chi connectivity index (χ3n) is 4.11. The molecule has 3 aromatic rings. The summed E-state index contributed by atoms with van der Waals surface area (Å²) in [6, 6.07) is 9.00. The van der Waals surface area contributed by atoms with E-state index < -0.39 is 0 Å². The van der Waals surface area contributed by atoms with Crippen molar-refractivity contribution in [2.45, 2.75) is 13.8 Å². The van der Waals surface area contributed by atoms with E-state index in [1.54, 1.807) is 12.1 Å². The lowest BCUT2D eigenvalue weighted by Crippen LogP contribution is -2.16. The number of hydrogen-bond acceptors (Lipinski definition) is 6. The van der Waals surface area contributed by atoms with Crippen molar-refractivity contribution in [3.63, 3.8) is 0 Å². The van der Waals surface area contributed by atoms with Crippen LogP contribution in [0.5, 0.6) is 11.5 Å². The molecule has 0 aliphatic rings. The van der Waals surface area contributed by atoms with Gasteiger partial charge in [0.15, 0.2) is 11.5 Å². The number of hydrogen-bond donors (Lipinski definition) is 1. The van der Waals surface area contributed by atoms with Crippen LogP contribution < -0.4 is 14.8 Å². The minimum atomic E-state index is -0.306. The molecule has 0 aliphatic heterocycles. The monoisotopic (exact) mass is 353 g/mol. The van der Waals surface area contributed by atoms with Crippen molar-refractivity contribution in [2.75, 3.05) is 19.5 Å². The Hall–Kier alpha value is -3.42. The highest BCUT2D eigenvalue weighted by Crippen LogP contribution is 2.32. The summed E-state index contributed by atoms with van der Waals surface area (Å²) in [5, 5.41) is 14.0. The second-order valence-corrected chi connectivity index (χ2v) is 5.73. The minimum absolute atomic E-state index is 0.306. The van der Waals surface area contributed by atoms with E-state index in [0.29, 0.717) is 28.4 Å². The molecule has 0 radical (unpaired) electrons. The molecule has 8 nitrogen and oxygen atoms in total. The lowest BCUT2D eigenvalue weighted by molar-refractivity contribution is 0.102. The average molecular weight is 353 g/mol. The maximum absolute atomic E-state index is 12.9. The zero-order chi connectivity index (χ0) is 18.7. The van der Waals surface area contributed by atoms with E-state index in [-0.39, 0.29) is 5.91 Å².